The monoisotopic (exact) mass is 370 g/mol. The van der Waals surface area contributed by atoms with Gasteiger partial charge in [-0.25, -0.2) is 9.18 Å². The van der Waals surface area contributed by atoms with Crippen LogP contribution in [0.1, 0.15) is 23.0 Å². The number of halogens is 2. The highest BCUT2D eigenvalue weighted by Gasteiger charge is 2.21. The Morgan fingerprint density at radius 2 is 2.14 bits per heavy atom. The molecule has 0 aliphatic carbocycles. The highest BCUT2D eigenvalue weighted by molar-refractivity contribution is 9.10. The van der Waals surface area contributed by atoms with Crippen LogP contribution in [0.5, 0.6) is 0 Å². The summed E-state index contributed by atoms with van der Waals surface area (Å²) in [6, 6.07) is 5.07. The van der Waals surface area contributed by atoms with Gasteiger partial charge in [0.2, 0.25) is 0 Å². The van der Waals surface area contributed by atoms with Crippen LogP contribution in [0.4, 0.5) is 10.2 Å². The van der Waals surface area contributed by atoms with Crippen molar-refractivity contribution < 1.29 is 23.2 Å². The molecule has 0 unspecified atom stereocenters. The first kappa shape index (κ1) is 16.2. The molecule has 2 rings (SSSR count). The fourth-order valence-electron chi connectivity index (χ4n) is 1.59. The summed E-state index contributed by atoms with van der Waals surface area (Å²) >= 11 is 3.07. The van der Waals surface area contributed by atoms with E-state index in [1.54, 1.807) is 6.92 Å². The van der Waals surface area contributed by atoms with Gasteiger partial charge < -0.3 is 14.6 Å². The van der Waals surface area contributed by atoms with Crippen molar-refractivity contribution in [3.05, 3.63) is 45.9 Å². The molecule has 0 saturated carbocycles. The van der Waals surface area contributed by atoms with Crippen molar-refractivity contribution in [1.82, 2.24) is 5.16 Å². The quantitative estimate of drug-likeness (QED) is 0.836. The second-order valence-corrected chi connectivity index (χ2v) is 5.34. The number of esters is 1. The average Bonchev–Trinajstić information content (AvgIpc) is 2.83. The number of hydrogen-bond acceptors (Lipinski definition) is 5. The highest BCUT2D eigenvalue weighted by Crippen LogP contribution is 2.19. The number of nitrogens with one attached hydrogen (secondary N) is 1. The zero-order valence-electron chi connectivity index (χ0n) is 11.7. The van der Waals surface area contributed by atoms with E-state index in [0.717, 1.165) is 12.1 Å². The summed E-state index contributed by atoms with van der Waals surface area (Å²) in [5, 5.41) is 6.05. The zero-order chi connectivity index (χ0) is 16.3. The predicted octanol–water partition coefficient (Wildman–Crippen LogP) is 3.07. The summed E-state index contributed by atoms with van der Waals surface area (Å²) in [4.78, 5) is 23.8. The maximum Gasteiger partial charge on any atom is 0.340 e. The molecule has 0 aliphatic rings. The van der Waals surface area contributed by atoms with Crippen molar-refractivity contribution in [1.29, 1.82) is 0 Å². The van der Waals surface area contributed by atoms with Crippen LogP contribution in [0.3, 0.4) is 0 Å². The Bertz CT molecular complexity index is 717. The number of rotatable bonds is 4. The van der Waals surface area contributed by atoms with E-state index < -0.39 is 23.8 Å². The van der Waals surface area contributed by atoms with Gasteiger partial charge in [0.1, 0.15) is 11.6 Å². The minimum atomic E-state index is -1.05. The van der Waals surface area contributed by atoms with Gasteiger partial charge in [0.05, 0.1) is 5.56 Å². The second-order valence-electron chi connectivity index (χ2n) is 4.48. The van der Waals surface area contributed by atoms with Crippen LogP contribution in [-0.4, -0.2) is 23.1 Å². The van der Waals surface area contributed by atoms with Crippen molar-refractivity contribution in [2.24, 2.45) is 0 Å². The maximum atomic E-state index is 13.0. The summed E-state index contributed by atoms with van der Waals surface area (Å²) in [6.07, 6.45) is -1.05. The summed E-state index contributed by atoms with van der Waals surface area (Å²) < 4.78 is 23.1. The lowest BCUT2D eigenvalue weighted by molar-refractivity contribution is -0.123. The van der Waals surface area contributed by atoms with Gasteiger partial charge in [0.15, 0.2) is 11.9 Å². The number of carbonyl (C=O) groups excluding carboxylic acids is 2. The van der Waals surface area contributed by atoms with Gasteiger partial charge in [0.25, 0.3) is 5.91 Å². The van der Waals surface area contributed by atoms with Crippen molar-refractivity contribution in [2.75, 3.05) is 5.32 Å². The van der Waals surface area contributed by atoms with Crippen LogP contribution in [0, 0.1) is 12.7 Å². The molecule has 1 heterocycles. The SMILES string of the molecule is Cc1cc(NC(=O)[C@H](C)OC(=O)c2ccc(F)cc2Br)no1. The Morgan fingerprint density at radius 1 is 1.41 bits per heavy atom. The number of anilines is 1. The molecule has 6 nitrogen and oxygen atoms in total. The second kappa shape index (κ2) is 6.69. The number of benzene rings is 1. The first-order chi connectivity index (χ1) is 10.4. The van der Waals surface area contributed by atoms with Crippen LogP contribution in [0.25, 0.3) is 0 Å². The third-order valence-corrected chi connectivity index (χ3v) is 3.34. The molecule has 2 aromatic rings. The van der Waals surface area contributed by atoms with E-state index in [1.807, 2.05) is 0 Å². The molecule has 0 bridgehead atoms. The molecule has 22 heavy (non-hydrogen) atoms. The van der Waals surface area contributed by atoms with E-state index in [1.165, 1.54) is 19.1 Å². The number of nitrogens with zero attached hydrogens (tertiary/aromatic N) is 1. The zero-order valence-corrected chi connectivity index (χ0v) is 13.3. The summed E-state index contributed by atoms with van der Waals surface area (Å²) in [6.45, 7) is 3.09. The molecule has 1 amide bonds. The fourth-order valence-corrected chi connectivity index (χ4v) is 2.10. The van der Waals surface area contributed by atoms with Crippen LogP contribution in [0.15, 0.2) is 33.3 Å². The van der Waals surface area contributed by atoms with Crippen LogP contribution in [0.2, 0.25) is 0 Å². The average molecular weight is 371 g/mol. The van der Waals surface area contributed by atoms with Gasteiger partial charge in [-0.15, -0.1) is 0 Å². The number of hydrogen-bond donors (Lipinski definition) is 1. The molecule has 116 valence electrons. The first-order valence-corrected chi connectivity index (χ1v) is 7.06. The molecule has 1 aromatic heterocycles. The molecule has 0 aliphatic heterocycles. The first-order valence-electron chi connectivity index (χ1n) is 6.27. The largest absolute Gasteiger partial charge is 0.449 e. The smallest absolute Gasteiger partial charge is 0.340 e. The molecule has 1 N–H and O–H groups in total. The van der Waals surface area contributed by atoms with Crippen LogP contribution in [-0.2, 0) is 9.53 Å². The Balaban J connectivity index is 1.99. The van der Waals surface area contributed by atoms with E-state index in [0.29, 0.717) is 5.76 Å². The molecule has 0 fully saturated rings. The Labute approximate surface area is 133 Å². The topological polar surface area (TPSA) is 81.4 Å². The van der Waals surface area contributed by atoms with Gasteiger partial charge in [-0.05, 0) is 48.0 Å². The minimum Gasteiger partial charge on any atom is -0.449 e. The van der Waals surface area contributed by atoms with E-state index in [2.05, 4.69) is 26.4 Å². The van der Waals surface area contributed by atoms with Gasteiger partial charge in [-0.2, -0.15) is 0 Å². The van der Waals surface area contributed by atoms with Crippen LogP contribution < -0.4 is 5.32 Å². The lowest BCUT2D eigenvalue weighted by Crippen LogP contribution is -2.30. The van der Waals surface area contributed by atoms with Gasteiger partial charge in [-0.3, -0.25) is 4.79 Å². The van der Waals surface area contributed by atoms with Crippen molar-refractivity contribution >= 4 is 33.6 Å². The molecule has 1 aromatic carbocycles. The van der Waals surface area contributed by atoms with E-state index in [-0.39, 0.29) is 15.9 Å². The third-order valence-electron chi connectivity index (χ3n) is 2.68. The summed E-state index contributed by atoms with van der Waals surface area (Å²) in [5.41, 5.74) is 0.123. The van der Waals surface area contributed by atoms with E-state index >= 15 is 0 Å². The molecule has 0 spiro atoms. The Kier molecular flexibility index (Phi) is 4.92. The Hall–Kier alpha value is -2.22. The fraction of sp³-hybridized carbons (Fsp3) is 0.214. The number of carbonyl (C=O) groups is 2. The van der Waals surface area contributed by atoms with E-state index in [4.69, 9.17) is 9.26 Å². The lowest BCUT2D eigenvalue weighted by Gasteiger charge is -2.13. The van der Waals surface area contributed by atoms with Gasteiger partial charge >= 0.3 is 5.97 Å². The van der Waals surface area contributed by atoms with Crippen molar-refractivity contribution in [3.8, 4) is 0 Å². The Morgan fingerprint density at radius 3 is 2.73 bits per heavy atom. The molecular formula is C14H12BrFN2O4. The van der Waals surface area contributed by atoms with Gasteiger partial charge in [-0.1, -0.05) is 5.16 Å². The minimum absolute atomic E-state index is 0.123. The lowest BCUT2D eigenvalue weighted by atomic mass is 10.2. The summed E-state index contributed by atoms with van der Waals surface area (Å²) in [5.74, 6) is -1.02. The normalized spacial score (nSPS) is 11.8. The van der Waals surface area contributed by atoms with Crippen molar-refractivity contribution in [2.45, 2.75) is 20.0 Å². The van der Waals surface area contributed by atoms with Crippen LogP contribution >= 0.6 is 15.9 Å². The highest BCUT2D eigenvalue weighted by atomic mass is 79.9. The third kappa shape index (κ3) is 3.91. The maximum absolute atomic E-state index is 13.0. The number of ether oxygens (including phenoxy) is 1. The molecule has 1 atom stereocenters. The van der Waals surface area contributed by atoms with E-state index in [9.17, 15) is 14.0 Å². The molecule has 8 heteroatoms. The van der Waals surface area contributed by atoms with Gasteiger partial charge in [0, 0.05) is 10.5 Å². The molecule has 0 saturated heterocycles. The number of aromatic nitrogens is 1. The summed E-state index contributed by atoms with van der Waals surface area (Å²) in [7, 11) is 0. The van der Waals surface area contributed by atoms with Crippen molar-refractivity contribution in [3.63, 3.8) is 0 Å². The predicted molar refractivity (Wildman–Crippen MR) is 78.8 cm³/mol. The standard InChI is InChI=1S/C14H12BrFN2O4/c1-7-5-12(18-22-7)17-13(19)8(2)21-14(20)10-4-3-9(16)6-11(10)15/h3-6,8H,1-2H3,(H,17,18,19)/t8-/m0/s1. The number of aryl methyl sites for hydroxylation is 1. The number of amides is 1. The molecular weight excluding hydrogens is 359 g/mol. The molecule has 0 radical (unpaired) electrons.